The van der Waals surface area contributed by atoms with E-state index in [-0.39, 0.29) is 22.4 Å². The molecule has 1 aliphatic heterocycles. The first-order valence-electron chi connectivity index (χ1n) is 11.2. The summed E-state index contributed by atoms with van der Waals surface area (Å²) < 4.78 is 39.0. The molecule has 1 saturated carbocycles. The van der Waals surface area contributed by atoms with Crippen LogP contribution in [0.25, 0.3) is 11.4 Å². The number of alkyl halides is 3. The summed E-state index contributed by atoms with van der Waals surface area (Å²) in [7, 11) is 0. The standard InChI is InChI=1S/C25H21Cl2F3N4O/c26-15-2-5-18(22-31-8-1-9-32-22)19(10-15)23(35)34-14-24(6-7-24)12-17(34)4-3-16-11-21(27)20(13-33-16)25(28,29)30/h1-2,5,8-11,13,17H,3-4,6-7,12,14H2/t17-/m1/s1. The van der Waals surface area contributed by atoms with Crippen molar-refractivity contribution in [2.24, 2.45) is 5.41 Å². The molecule has 1 atom stereocenters. The minimum absolute atomic E-state index is 0.0728. The molecule has 1 amide bonds. The van der Waals surface area contributed by atoms with Crippen LogP contribution in [0.15, 0.2) is 48.9 Å². The lowest BCUT2D eigenvalue weighted by atomic mass is 9.99. The van der Waals surface area contributed by atoms with Gasteiger partial charge in [-0.2, -0.15) is 13.2 Å². The van der Waals surface area contributed by atoms with Crippen LogP contribution in [0.4, 0.5) is 13.2 Å². The number of aryl methyl sites for hydroxylation is 1. The quantitative estimate of drug-likeness (QED) is 0.385. The highest BCUT2D eigenvalue weighted by Crippen LogP contribution is 2.55. The normalized spacial score (nSPS) is 18.8. The molecule has 0 radical (unpaired) electrons. The number of likely N-dealkylation sites (tertiary alicyclic amines) is 1. The topological polar surface area (TPSA) is 59.0 Å². The Labute approximate surface area is 210 Å². The average molecular weight is 521 g/mol. The Kier molecular flexibility index (Phi) is 6.21. The van der Waals surface area contributed by atoms with Gasteiger partial charge in [0.2, 0.25) is 0 Å². The number of rotatable bonds is 5. The molecule has 5 nitrogen and oxygen atoms in total. The van der Waals surface area contributed by atoms with Gasteiger partial charge in [-0.15, -0.1) is 0 Å². The highest BCUT2D eigenvalue weighted by Gasteiger charge is 2.53. The summed E-state index contributed by atoms with van der Waals surface area (Å²) in [5.41, 5.74) is 0.671. The highest BCUT2D eigenvalue weighted by atomic mass is 35.5. The third-order valence-electron chi connectivity index (χ3n) is 6.80. The minimum atomic E-state index is -4.55. The third kappa shape index (κ3) is 5.00. The van der Waals surface area contributed by atoms with Gasteiger partial charge in [-0.05, 0) is 67.9 Å². The maximum absolute atomic E-state index is 13.8. The van der Waals surface area contributed by atoms with Crippen molar-refractivity contribution in [1.29, 1.82) is 0 Å². The summed E-state index contributed by atoms with van der Waals surface area (Å²) >= 11 is 12.1. The zero-order chi connectivity index (χ0) is 24.8. The summed E-state index contributed by atoms with van der Waals surface area (Å²) in [4.78, 5) is 28.2. The number of halogens is 5. The predicted molar refractivity (Wildman–Crippen MR) is 126 cm³/mol. The summed E-state index contributed by atoms with van der Waals surface area (Å²) in [6.45, 7) is 0.638. The van der Waals surface area contributed by atoms with Gasteiger partial charge in [-0.3, -0.25) is 9.78 Å². The highest BCUT2D eigenvalue weighted by molar-refractivity contribution is 6.31. The molecule has 0 bridgehead atoms. The van der Waals surface area contributed by atoms with Crippen molar-refractivity contribution < 1.29 is 18.0 Å². The maximum Gasteiger partial charge on any atom is 0.419 e. The van der Waals surface area contributed by atoms with Gasteiger partial charge in [0.25, 0.3) is 5.91 Å². The summed E-state index contributed by atoms with van der Waals surface area (Å²) in [6.07, 6.45) is 3.40. The van der Waals surface area contributed by atoms with E-state index >= 15 is 0 Å². The third-order valence-corrected chi connectivity index (χ3v) is 7.35. The number of pyridine rings is 1. The zero-order valence-corrected chi connectivity index (χ0v) is 20.0. The Bertz CT molecular complexity index is 1270. The van der Waals surface area contributed by atoms with E-state index in [1.165, 1.54) is 6.07 Å². The lowest BCUT2D eigenvalue weighted by molar-refractivity contribution is -0.137. The van der Waals surface area contributed by atoms with E-state index in [0.717, 1.165) is 25.5 Å². The van der Waals surface area contributed by atoms with Crippen LogP contribution in [0.1, 0.15) is 47.3 Å². The molecule has 3 heterocycles. The summed E-state index contributed by atoms with van der Waals surface area (Å²) in [5, 5.41) is 0.0699. The van der Waals surface area contributed by atoms with Crippen LogP contribution in [0.5, 0.6) is 0 Å². The van der Waals surface area contributed by atoms with Gasteiger partial charge >= 0.3 is 6.18 Å². The van der Waals surface area contributed by atoms with Crippen LogP contribution >= 0.6 is 23.2 Å². The maximum atomic E-state index is 13.8. The first-order valence-corrected chi connectivity index (χ1v) is 12.0. The Morgan fingerprint density at radius 2 is 1.86 bits per heavy atom. The van der Waals surface area contributed by atoms with Crippen molar-refractivity contribution in [2.45, 2.75) is 44.3 Å². The number of hydrogen-bond donors (Lipinski definition) is 0. The Balaban J connectivity index is 1.39. The molecule has 0 unspecified atom stereocenters. The van der Waals surface area contributed by atoms with Gasteiger partial charge in [0.1, 0.15) is 0 Å². The van der Waals surface area contributed by atoms with Gasteiger partial charge in [0.15, 0.2) is 5.82 Å². The fourth-order valence-corrected chi connectivity index (χ4v) is 5.27. The molecule has 1 aliphatic carbocycles. The molecule has 3 aromatic rings. The monoisotopic (exact) mass is 520 g/mol. The molecule has 1 saturated heterocycles. The number of hydrogen-bond acceptors (Lipinski definition) is 4. The Hall–Kier alpha value is -2.71. The molecule has 2 fully saturated rings. The second kappa shape index (κ2) is 9.06. The van der Waals surface area contributed by atoms with Crippen LogP contribution in [-0.2, 0) is 12.6 Å². The molecule has 1 aromatic carbocycles. The van der Waals surface area contributed by atoms with E-state index < -0.39 is 11.7 Å². The lowest BCUT2D eigenvalue weighted by Crippen LogP contribution is -2.36. The minimum Gasteiger partial charge on any atom is -0.335 e. The number of carbonyl (C=O) groups is 1. The van der Waals surface area contributed by atoms with E-state index in [2.05, 4.69) is 15.0 Å². The van der Waals surface area contributed by atoms with Gasteiger partial charge in [-0.25, -0.2) is 9.97 Å². The summed E-state index contributed by atoms with van der Waals surface area (Å²) in [5.74, 6) is 0.287. The van der Waals surface area contributed by atoms with Crippen LogP contribution in [0, 0.1) is 5.41 Å². The van der Waals surface area contributed by atoms with E-state index in [4.69, 9.17) is 23.2 Å². The second-order valence-corrected chi connectivity index (χ2v) is 10.1. The molecule has 182 valence electrons. The fraction of sp³-hybridized carbons (Fsp3) is 0.360. The van der Waals surface area contributed by atoms with Crippen molar-refractivity contribution in [1.82, 2.24) is 19.9 Å². The zero-order valence-electron chi connectivity index (χ0n) is 18.5. The van der Waals surface area contributed by atoms with Crippen LogP contribution in [-0.4, -0.2) is 38.3 Å². The van der Waals surface area contributed by atoms with Gasteiger partial charge < -0.3 is 4.90 Å². The summed E-state index contributed by atoms with van der Waals surface area (Å²) in [6, 6.07) is 7.99. The Morgan fingerprint density at radius 1 is 1.11 bits per heavy atom. The predicted octanol–water partition coefficient (Wildman–Crippen LogP) is 6.49. The first kappa shape index (κ1) is 24.0. The first-order chi connectivity index (χ1) is 16.7. The molecule has 35 heavy (non-hydrogen) atoms. The van der Waals surface area contributed by atoms with Crippen LogP contribution in [0.2, 0.25) is 10.0 Å². The van der Waals surface area contributed by atoms with Crippen molar-refractivity contribution in [3.05, 3.63) is 75.8 Å². The molecule has 0 N–H and O–H groups in total. The van der Waals surface area contributed by atoms with Crippen molar-refractivity contribution in [2.75, 3.05) is 6.54 Å². The van der Waals surface area contributed by atoms with E-state index in [9.17, 15) is 18.0 Å². The number of benzene rings is 1. The van der Waals surface area contributed by atoms with Gasteiger partial charge in [0.05, 0.1) is 16.1 Å². The molecular formula is C25H21Cl2F3N4O. The van der Waals surface area contributed by atoms with Crippen LogP contribution in [0.3, 0.4) is 0 Å². The Morgan fingerprint density at radius 3 is 2.51 bits per heavy atom. The van der Waals surface area contributed by atoms with E-state index in [1.807, 2.05) is 4.90 Å². The smallest absolute Gasteiger partial charge is 0.335 e. The lowest BCUT2D eigenvalue weighted by Gasteiger charge is -2.26. The van der Waals surface area contributed by atoms with E-state index in [0.29, 0.717) is 47.1 Å². The molecule has 10 heteroatoms. The number of nitrogens with zero attached hydrogens (tertiary/aromatic N) is 4. The van der Waals surface area contributed by atoms with Crippen molar-refractivity contribution >= 4 is 29.1 Å². The molecule has 5 rings (SSSR count). The fourth-order valence-electron chi connectivity index (χ4n) is 4.81. The van der Waals surface area contributed by atoms with Crippen molar-refractivity contribution in [3.63, 3.8) is 0 Å². The van der Waals surface area contributed by atoms with Crippen LogP contribution < -0.4 is 0 Å². The average Bonchev–Trinajstić information content (AvgIpc) is 3.48. The molecule has 2 aliphatic rings. The SMILES string of the molecule is O=C(c1cc(Cl)ccc1-c1ncccn1)N1CC2(CC2)C[C@H]1CCc1cc(Cl)c(C(F)(F)F)cn1. The largest absolute Gasteiger partial charge is 0.419 e. The van der Waals surface area contributed by atoms with Gasteiger partial charge in [-0.1, -0.05) is 23.2 Å². The number of carbonyl (C=O) groups excluding carboxylic acids is 1. The molecule has 2 aromatic heterocycles. The molecule has 1 spiro atoms. The van der Waals surface area contributed by atoms with Gasteiger partial charge in [0, 0.05) is 47.5 Å². The second-order valence-electron chi connectivity index (χ2n) is 9.25. The van der Waals surface area contributed by atoms with Crippen molar-refractivity contribution in [3.8, 4) is 11.4 Å². The number of amides is 1. The number of aromatic nitrogens is 3. The van der Waals surface area contributed by atoms with E-state index in [1.54, 1.807) is 36.7 Å². The molecular weight excluding hydrogens is 500 g/mol.